The summed E-state index contributed by atoms with van der Waals surface area (Å²) in [5.74, 6) is 0.486. The van der Waals surface area contributed by atoms with E-state index in [2.05, 4.69) is 5.32 Å². The number of nitrogens with one attached hydrogen (secondary N) is 1. The minimum Gasteiger partial charge on any atom is -0.481 e. The molecule has 1 aromatic rings. The van der Waals surface area contributed by atoms with Crippen LogP contribution in [0, 0.1) is 0 Å². The Morgan fingerprint density at radius 2 is 1.88 bits per heavy atom. The van der Waals surface area contributed by atoms with Gasteiger partial charge in [-0.2, -0.15) is 0 Å². The molecule has 1 rings (SSSR count). The van der Waals surface area contributed by atoms with E-state index >= 15 is 0 Å². The number of amides is 1. The molecular weight excluding hydrogens is 218 g/mol. The second-order valence-electron chi connectivity index (χ2n) is 4.23. The summed E-state index contributed by atoms with van der Waals surface area (Å²) in [7, 11) is 0. The normalized spacial score (nSPS) is 12.3. The lowest BCUT2D eigenvalue weighted by molar-refractivity contribution is -0.127. The molecule has 2 N–H and O–H groups in total. The maximum absolute atomic E-state index is 11.6. The van der Waals surface area contributed by atoms with Gasteiger partial charge in [-0.1, -0.05) is 12.1 Å². The number of aliphatic hydroxyl groups is 1. The molecule has 1 atom stereocenters. The minimum atomic E-state index is -0.530. The molecule has 0 aliphatic carbocycles. The van der Waals surface area contributed by atoms with Crippen LogP contribution in [0.5, 0.6) is 5.75 Å². The van der Waals surface area contributed by atoms with Gasteiger partial charge >= 0.3 is 0 Å². The van der Waals surface area contributed by atoms with E-state index in [4.69, 9.17) is 9.84 Å². The zero-order valence-electron chi connectivity index (χ0n) is 10.4. The summed E-state index contributed by atoms with van der Waals surface area (Å²) < 4.78 is 5.48. The van der Waals surface area contributed by atoms with Gasteiger partial charge in [0.1, 0.15) is 5.75 Å². The van der Waals surface area contributed by atoms with Crippen LogP contribution in [-0.2, 0) is 11.4 Å². The highest BCUT2D eigenvalue weighted by molar-refractivity contribution is 5.80. The summed E-state index contributed by atoms with van der Waals surface area (Å²) in [6.07, 6.45) is -0.530. The Morgan fingerprint density at radius 3 is 2.35 bits per heavy atom. The Bertz CT molecular complexity index is 359. The quantitative estimate of drug-likeness (QED) is 0.815. The highest BCUT2D eigenvalue weighted by Gasteiger charge is 2.14. The molecular formula is C13H19NO3. The van der Waals surface area contributed by atoms with Crippen molar-refractivity contribution in [2.24, 2.45) is 0 Å². The number of hydrogen-bond donors (Lipinski definition) is 2. The number of hydrogen-bond acceptors (Lipinski definition) is 3. The van der Waals surface area contributed by atoms with Crippen molar-refractivity contribution >= 4 is 5.91 Å². The molecule has 17 heavy (non-hydrogen) atoms. The first-order valence-electron chi connectivity index (χ1n) is 5.69. The van der Waals surface area contributed by atoms with E-state index < -0.39 is 6.10 Å². The monoisotopic (exact) mass is 237 g/mol. The lowest BCUT2D eigenvalue weighted by atomic mass is 10.2. The first-order valence-corrected chi connectivity index (χ1v) is 5.69. The highest BCUT2D eigenvalue weighted by atomic mass is 16.5. The summed E-state index contributed by atoms with van der Waals surface area (Å²) in [6.45, 7) is 5.52. The molecule has 0 spiro atoms. The maximum Gasteiger partial charge on any atom is 0.260 e. The summed E-state index contributed by atoms with van der Waals surface area (Å²) in [5, 5.41) is 11.7. The third-order valence-electron chi connectivity index (χ3n) is 2.22. The number of ether oxygens (including phenoxy) is 1. The number of benzene rings is 1. The second-order valence-corrected chi connectivity index (χ2v) is 4.23. The van der Waals surface area contributed by atoms with Crippen molar-refractivity contribution in [2.75, 3.05) is 0 Å². The summed E-state index contributed by atoms with van der Waals surface area (Å²) in [6, 6.07) is 7.12. The van der Waals surface area contributed by atoms with Crippen molar-refractivity contribution < 1.29 is 14.6 Å². The fourth-order valence-corrected chi connectivity index (χ4v) is 1.33. The zero-order valence-corrected chi connectivity index (χ0v) is 10.4. The van der Waals surface area contributed by atoms with Crippen LogP contribution in [0.25, 0.3) is 0 Å². The van der Waals surface area contributed by atoms with Crippen LogP contribution >= 0.6 is 0 Å². The Balaban J connectivity index is 2.55. The van der Waals surface area contributed by atoms with E-state index in [1.54, 1.807) is 31.2 Å². The van der Waals surface area contributed by atoms with Crippen molar-refractivity contribution in [1.82, 2.24) is 5.32 Å². The van der Waals surface area contributed by atoms with E-state index in [9.17, 15) is 4.79 Å². The third kappa shape index (κ3) is 4.44. The topological polar surface area (TPSA) is 58.6 Å². The molecule has 0 saturated heterocycles. The minimum absolute atomic E-state index is 0.00364. The Kier molecular flexibility index (Phi) is 4.97. The fraction of sp³-hybridized carbons (Fsp3) is 0.462. The largest absolute Gasteiger partial charge is 0.481 e. The molecule has 0 bridgehead atoms. The average Bonchev–Trinajstić information content (AvgIpc) is 2.29. The number of aliphatic hydroxyl groups excluding tert-OH is 1. The van der Waals surface area contributed by atoms with Crippen LogP contribution in [0.15, 0.2) is 24.3 Å². The van der Waals surface area contributed by atoms with Crippen LogP contribution in [-0.4, -0.2) is 23.2 Å². The van der Waals surface area contributed by atoms with E-state index in [1.165, 1.54) is 0 Å². The van der Waals surface area contributed by atoms with Crippen molar-refractivity contribution in [3.05, 3.63) is 29.8 Å². The Labute approximate surface area is 102 Å². The smallest absolute Gasteiger partial charge is 0.260 e. The maximum atomic E-state index is 11.6. The Hall–Kier alpha value is -1.55. The molecule has 0 aromatic heterocycles. The number of carbonyl (C=O) groups excluding carboxylic acids is 1. The van der Waals surface area contributed by atoms with Crippen LogP contribution in [0.3, 0.4) is 0 Å². The predicted octanol–water partition coefficient (Wildman–Crippen LogP) is 1.47. The first-order chi connectivity index (χ1) is 8.02. The highest BCUT2D eigenvalue weighted by Crippen LogP contribution is 2.13. The van der Waals surface area contributed by atoms with Gasteiger partial charge in [-0.25, -0.2) is 0 Å². The standard InChI is InChI=1S/C13H19NO3/c1-9(2)14-13(16)10(3)17-12-6-4-11(8-15)5-7-12/h4-7,9-10,15H,8H2,1-3H3,(H,14,16). The van der Waals surface area contributed by atoms with E-state index in [1.807, 2.05) is 13.8 Å². The van der Waals surface area contributed by atoms with Crippen LogP contribution in [0.4, 0.5) is 0 Å². The van der Waals surface area contributed by atoms with Crippen molar-refractivity contribution in [3.63, 3.8) is 0 Å². The predicted molar refractivity (Wildman–Crippen MR) is 65.7 cm³/mol. The molecule has 4 heteroatoms. The van der Waals surface area contributed by atoms with Crippen LogP contribution < -0.4 is 10.1 Å². The molecule has 1 amide bonds. The Morgan fingerprint density at radius 1 is 1.29 bits per heavy atom. The lowest BCUT2D eigenvalue weighted by Gasteiger charge is -2.16. The second kappa shape index (κ2) is 6.25. The van der Waals surface area contributed by atoms with Gasteiger partial charge in [-0.15, -0.1) is 0 Å². The van der Waals surface area contributed by atoms with Crippen LogP contribution in [0.1, 0.15) is 26.3 Å². The molecule has 0 heterocycles. The average molecular weight is 237 g/mol. The molecule has 0 saturated carbocycles. The van der Waals surface area contributed by atoms with Crippen molar-refractivity contribution in [3.8, 4) is 5.75 Å². The summed E-state index contributed by atoms with van der Waals surface area (Å²) in [4.78, 5) is 11.6. The van der Waals surface area contributed by atoms with Crippen molar-refractivity contribution in [1.29, 1.82) is 0 Å². The molecule has 0 radical (unpaired) electrons. The van der Waals surface area contributed by atoms with E-state index in [-0.39, 0.29) is 18.6 Å². The van der Waals surface area contributed by atoms with E-state index in [0.29, 0.717) is 5.75 Å². The number of rotatable bonds is 5. The summed E-state index contributed by atoms with van der Waals surface area (Å²) >= 11 is 0. The molecule has 0 fully saturated rings. The first kappa shape index (κ1) is 13.5. The SMILES string of the molecule is CC(C)NC(=O)C(C)Oc1ccc(CO)cc1. The van der Waals surface area contributed by atoms with Crippen LogP contribution in [0.2, 0.25) is 0 Å². The molecule has 94 valence electrons. The molecule has 0 aliphatic heterocycles. The van der Waals surface area contributed by atoms with Gasteiger partial charge in [0, 0.05) is 6.04 Å². The van der Waals surface area contributed by atoms with Gasteiger partial charge in [-0.05, 0) is 38.5 Å². The number of carbonyl (C=O) groups is 1. The van der Waals surface area contributed by atoms with Gasteiger partial charge in [0.05, 0.1) is 6.61 Å². The molecule has 0 aliphatic rings. The van der Waals surface area contributed by atoms with Crippen molar-refractivity contribution in [2.45, 2.75) is 39.5 Å². The van der Waals surface area contributed by atoms with Gasteiger partial charge in [0.2, 0.25) is 0 Å². The van der Waals surface area contributed by atoms with Gasteiger partial charge < -0.3 is 15.2 Å². The zero-order chi connectivity index (χ0) is 12.8. The van der Waals surface area contributed by atoms with Gasteiger partial charge in [-0.3, -0.25) is 4.79 Å². The molecule has 1 unspecified atom stereocenters. The lowest BCUT2D eigenvalue weighted by Crippen LogP contribution is -2.40. The molecule has 4 nitrogen and oxygen atoms in total. The third-order valence-corrected chi connectivity index (χ3v) is 2.22. The fourth-order valence-electron chi connectivity index (χ4n) is 1.33. The van der Waals surface area contributed by atoms with Gasteiger partial charge in [0.15, 0.2) is 6.10 Å². The van der Waals surface area contributed by atoms with Gasteiger partial charge in [0.25, 0.3) is 5.91 Å². The summed E-state index contributed by atoms with van der Waals surface area (Å²) in [5.41, 5.74) is 0.816. The molecule has 1 aromatic carbocycles. The van der Waals surface area contributed by atoms with E-state index in [0.717, 1.165) is 5.56 Å².